The third-order valence-corrected chi connectivity index (χ3v) is 3.06. The molecule has 0 unspecified atom stereocenters. The molecule has 0 aromatic heterocycles. The van der Waals surface area contributed by atoms with Gasteiger partial charge in [-0.05, 0) is 31.0 Å². The third-order valence-electron chi connectivity index (χ3n) is 2.84. The Labute approximate surface area is 123 Å². The van der Waals surface area contributed by atoms with E-state index in [0.717, 1.165) is 12.8 Å². The predicted octanol–water partition coefficient (Wildman–Crippen LogP) is 2.38. The number of nitrogen functional groups attached to an aromatic ring is 1. The van der Waals surface area contributed by atoms with Crippen LogP contribution < -0.4 is 11.1 Å². The van der Waals surface area contributed by atoms with E-state index in [-0.39, 0.29) is 24.1 Å². The summed E-state index contributed by atoms with van der Waals surface area (Å²) in [6, 6.07) is 4.52. The van der Waals surface area contributed by atoms with E-state index in [0.29, 0.717) is 10.7 Å². The number of benzene rings is 1. The van der Waals surface area contributed by atoms with E-state index in [2.05, 4.69) is 5.32 Å². The first-order valence-electron chi connectivity index (χ1n) is 6.48. The van der Waals surface area contributed by atoms with Crippen LogP contribution in [0.5, 0.6) is 0 Å². The van der Waals surface area contributed by atoms with Gasteiger partial charge in [0.1, 0.15) is 0 Å². The Morgan fingerprint density at radius 1 is 1.30 bits per heavy atom. The van der Waals surface area contributed by atoms with Crippen LogP contribution in [0.3, 0.4) is 0 Å². The van der Waals surface area contributed by atoms with Gasteiger partial charge < -0.3 is 15.8 Å². The highest BCUT2D eigenvalue weighted by atomic mass is 35.5. The molecule has 110 valence electrons. The number of hydrogen-bond donors (Lipinski definition) is 2. The molecular weight excluding hydrogens is 280 g/mol. The van der Waals surface area contributed by atoms with Crippen LogP contribution in [0.1, 0.15) is 37.0 Å². The highest BCUT2D eigenvalue weighted by Crippen LogP contribution is 2.17. The van der Waals surface area contributed by atoms with Gasteiger partial charge in [0.15, 0.2) is 6.61 Å². The number of ether oxygens (including phenoxy) is 1. The van der Waals surface area contributed by atoms with E-state index in [1.54, 1.807) is 0 Å². The van der Waals surface area contributed by atoms with Gasteiger partial charge in [-0.1, -0.05) is 25.4 Å². The highest BCUT2D eigenvalue weighted by Gasteiger charge is 2.13. The fourth-order valence-corrected chi connectivity index (χ4v) is 1.95. The van der Waals surface area contributed by atoms with Crippen molar-refractivity contribution in [3.63, 3.8) is 0 Å². The molecule has 20 heavy (non-hydrogen) atoms. The number of halogens is 1. The van der Waals surface area contributed by atoms with Crippen molar-refractivity contribution in [3.8, 4) is 0 Å². The van der Waals surface area contributed by atoms with E-state index in [9.17, 15) is 9.59 Å². The van der Waals surface area contributed by atoms with Crippen molar-refractivity contribution in [2.75, 3.05) is 12.3 Å². The second kappa shape index (κ2) is 7.75. The van der Waals surface area contributed by atoms with Gasteiger partial charge in [-0.2, -0.15) is 0 Å². The average Bonchev–Trinajstić information content (AvgIpc) is 2.41. The number of nitrogens with two attached hydrogens (primary N) is 1. The number of nitrogens with one attached hydrogen (secondary N) is 1. The Bertz CT molecular complexity index is 467. The van der Waals surface area contributed by atoms with Gasteiger partial charge in [0.2, 0.25) is 0 Å². The lowest BCUT2D eigenvalue weighted by atomic mass is 10.2. The number of esters is 1. The molecule has 0 saturated carbocycles. The van der Waals surface area contributed by atoms with E-state index < -0.39 is 5.97 Å². The molecule has 1 amide bonds. The van der Waals surface area contributed by atoms with Crippen LogP contribution in [0.15, 0.2) is 18.2 Å². The normalized spacial score (nSPS) is 10.4. The summed E-state index contributed by atoms with van der Waals surface area (Å²) in [6.45, 7) is 3.64. The highest BCUT2D eigenvalue weighted by molar-refractivity contribution is 6.31. The summed E-state index contributed by atoms with van der Waals surface area (Å²) >= 11 is 5.80. The monoisotopic (exact) mass is 298 g/mol. The largest absolute Gasteiger partial charge is 0.452 e. The molecular formula is C14H19ClN2O3. The van der Waals surface area contributed by atoms with E-state index in [1.165, 1.54) is 18.2 Å². The maximum absolute atomic E-state index is 11.8. The zero-order chi connectivity index (χ0) is 15.1. The van der Waals surface area contributed by atoms with E-state index in [4.69, 9.17) is 22.1 Å². The van der Waals surface area contributed by atoms with Crippen molar-refractivity contribution >= 4 is 29.2 Å². The van der Waals surface area contributed by atoms with Gasteiger partial charge in [0.05, 0.1) is 5.56 Å². The van der Waals surface area contributed by atoms with Gasteiger partial charge in [0, 0.05) is 16.8 Å². The van der Waals surface area contributed by atoms with Crippen molar-refractivity contribution in [1.82, 2.24) is 5.32 Å². The Morgan fingerprint density at radius 3 is 2.50 bits per heavy atom. The van der Waals surface area contributed by atoms with Gasteiger partial charge in [-0.25, -0.2) is 4.79 Å². The quantitative estimate of drug-likeness (QED) is 0.624. The van der Waals surface area contributed by atoms with Crippen LogP contribution >= 0.6 is 11.6 Å². The lowest BCUT2D eigenvalue weighted by Gasteiger charge is -2.14. The predicted molar refractivity (Wildman–Crippen MR) is 78.7 cm³/mol. The molecule has 0 fully saturated rings. The van der Waals surface area contributed by atoms with Gasteiger partial charge in [-0.15, -0.1) is 0 Å². The minimum atomic E-state index is -0.626. The minimum absolute atomic E-state index is 0.100. The molecule has 0 radical (unpaired) electrons. The second-order valence-corrected chi connectivity index (χ2v) is 4.87. The summed E-state index contributed by atoms with van der Waals surface area (Å²) in [5, 5.41) is 3.12. The molecule has 0 atom stereocenters. The van der Waals surface area contributed by atoms with Crippen LogP contribution in [0.25, 0.3) is 0 Å². The van der Waals surface area contributed by atoms with Crippen molar-refractivity contribution in [2.24, 2.45) is 0 Å². The topological polar surface area (TPSA) is 81.4 Å². The Kier molecular flexibility index (Phi) is 6.31. The summed E-state index contributed by atoms with van der Waals surface area (Å²) in [7, 11) is 0. The summed E-state index contributed by atoms with van der Waals surface area (Å²) in [5.41, 5.74) is 6.18. The molecule has 6 heteroatoms. The van der Waals surface area contributed by atoms with Crippen molar-refractivity contribution in [3.05, 3.63) is 28.8 Å². The first-order chi connectivity index (χ1) is 9.46. The maximum Gasteiger partial charge on any atom is 0.338 e. The second-order valence-electron chi connectivity index (χ2n) is 4.43. The fourth-order valence-electron chi connectivity index (χ4n) is 1.71. The molecule has 1 aromatic rings. The van der Waals surface area contributed by atoms with Crippen LogP contribution in [-0.2, 0) is 9.53 Å². The fraction of sp³-hybridized carbons (Fsp3) is 0.429. The summed E-state index contributed by atoms with van der Waals surface area (Å²) in [5.74, 6) is -0.944. The van der Waals surface area contributed by atoms with Crippen LogP contribution in [-0.4, -0.2) is 24.5 Å². The molecule has 3 N–H and O–H groups in total. The summed E-state index contributed by atoms with van der Waals surface area (Å²) in [4.78, 5) is 23.4. The minimum Gasteiger partial charge on any atom is -0.452 e. The first-order valence-corrected chi connectivity index (χ1v) is 6.86. The molecule has 1 rings (SSSR count). The zero-order valence-corrected chi connectivity index (χ0v) is 12.4. The summed E-state index contributed by atoms with van der Waals surface area (Å²) in [6.07, 6.45) is 1.67. The zero-order valence-electron chi connectivity index (χ0n) is 11.6. The molecule has 5 nitrogen and oxygen atoms in total. The lowest BCUT2D eigenvalue weighted by Crippen LogP contribution is -2.36. The van der Waals surface area contributed by atoms with Gasteiger partial charge in [-0.3, -0.25) is 4.79 Å². The average molecular weight is 299 g/mol. The van der Waals surface area contributed by atoms with Gasteiger partial charge >= 0.3 is 5.97 Å². The SMILES string of the molecule is CCC(CC)NC(=O)COC(=O)c1cc(N)cc(Cl)c1. The molecule has 0 aliphatic heterocycles. The number of carbonyl (C=O) groups excluding carboxylic acids is 2. The van der Waals surface area contributed by atoms with Gasteiger partial charge in [0.25, 0.3) is 5.91 Å². The number of carbonyl (C=O) groups is 2. The molecule has 0 saturated heterocycles. The number of hydrogen-bond acceptors (Lipinski definition) is 4. The Morgan fingerprint density at radius 2 is 1.95 bits per heavy atom. The molecule has 1 aromatic carbocycles. The van der Waals surface area contributed by atoms with Crippen LogP contribution in [0, 0.1) is 0 Å². The van der Waals surface area contributed by atoms with Crippen LogP contribution in [0.4, 0.5) is 5.69 Å². The lowest BCUT2D eigenvalue weighted by molar-refractivity contribution is -0.125. The Balaban J connectivity index is 2.52. The van der Waals surface area contributed by atoms with E-state index >= 15 is 0 Å². The summed E-state index contributed by atoms with van der Waals surface area (Å²) < 4.78 is 4.92. The standard InChI is InChI=1S/C14H19ClN2O3/c1-3-12(4-2)17-13(18)8-20-14(19)9-5-10(15)7-11(16)6-9/h5-7,12H,3-4,8,16H2,1-2H3,(H,17,18). The molecule has 0 spiro atoms. The number of amides is 1. The number of anilines is 1. The molecule has 0 bridgehead atoms. The maximum atomic E-state index is 11.8. The van der Waals surface area contributed by atoms with Crippen LogP contribution in [0.2, 0.25) is 5.02 Å². The van der Waals surface area contributed by atoms with Crippen molar-refractivity contribution in [1.29, 1.82) is 0 Å². The number of rotatable bonds is 6. The van der Waals surface area contributed by atoms with E-state index in [1.807, 2.05) is 13.8 Å². The van der Waals surface area contributed by atoms with Crippen molar-refractivity contribution in [2.45, 2.75) is 32.7 Å². The first kappa shape index (κ1) is 16.3. The Hall–Kier alpha value is -1.75. The third kappa shape index (κ3) is 5.09. The molecule has 0 heterocycles. The smallest absolute Gasteiger partial charge is 0.338 e. The molecule has 0 aliphatic rings. The molecule has 0 aliphatic carbocycles. The van der Waals surface area contributed by atoms with Crippen molar-refractivity contribution < 1.29 is 14.3 Å².